The van der Waals surface area contributed by atoms with Crippen LogP contribution in [0.15, 0.2) is 18.2 Å². The maximum absolute atomic E-state index is 12.0. The fraction of sp³-hybridized carbons (Fsp3) is 0.429. The van der Waals surface area contributed by atoms with Gasteiger partial charge in [0.2, 0.25) is 5.91 Å². The quantitative estimate of drug-likeness (QED) is 0.824. The van der Waals surface area contributed by atoms with E-state index >= 15 is 0 Å². The molecular weight excluding hydrogens is 244 g/mol. The van der Waals surface area contributed by atoms with Gasteiger partial charge in [0.05, 0.1) is 13.0 Å². The lowest BCUT2D eigenvalue weighted by atomic mass is 10.1. The number of amides is 1. The minimum Gasteiger partial charge on any atom is -0.469 e. The highest BCUT2D eigenvalue weighted by molar-refractivity contribution is 6.00. The second kappa shape index (κ2) is 5.40. The lowest BCUT2D eigenvalue weighted by Gasteiger charge is -2.19. The van der Waals surface area contributed by atoms with Crippen molar-refractivity contribution in [1.82, 2.24) is 0 Å². The summed E-state index contributed by atoms with van der Waals surface area (Å²) in [5.74, 6) is -0.739. The predicted octanol–water partition coefficient (Wildman–Crippen LogP) is 0.980. The molecule has 1 atom stereocenters. The normalized spacial score (nSPS) is 18.8. The fourth-order valence-electron chi connectivity index (χ4n) is 2.41. The first-order valence-corrected chi connectivity index (χ1v) is 6.24. The summed E-state index contributed by atoms with van der Waals surface area (Å²) in [5.41, 5.74) is 8.44. The Kier molecular flexibility index (Phi) is 3.85. The Hall–Kier alpha value is -1.88. The average molecular weight is 262 g/mol. The SMILES string of the molecule is COC(=O)C1CC(=O)N(c2ccc(CN)cc2C)C1. The third kappa shape index (κ3) is 2.61. The summed E-state index contributed by atoms with van der Waals surface area (Å²) in [7, 11) is 1.34. The highest BCUT2D eigenvalue weighted by atomic mass is 16.5. The minimum atomic E-state index is -0.369. The van der Waals surface area contributed by atoms with Crippen molar-refractivity contribution in [2.24, 2.45) is 11.7 Å². The van der Waals surface area contributed by atoms with E-state index in [1.807, 2.05) is 25.1 Å². The van der Waals surface area contributed by atoms with Crippen molar-refractivity contribution in [3.05, 3.63) is 29.3 Å². The van der Waals surface area contributed by atoms with Gasteiger partial charge in [0, 0.05) is 25.2 Å². The molecule has 0 saturated carbocycles. The van der Waals surface area contributed by atoms with Crippen molar-refractivity contribution in [2.45, 2.75) is 19.9 Å². The zero-order chi connectivity index (χ0) is 14.0. The number of ether oxygens (including phenoxy) is 1. The Bertz CT molecular complexity index is 513. The van der Waals surface area contributed by atoms with Crippen LogP contribution in [0, 0.1) is 12.8 Å². The summed E-state index contributed by atoms with van der Waals surface area (Å²) in [6.07, 6.45) is 0.213. The second-order valence-corrected chi connectivity index (χ2v) is 4.75. The van der Waals surface area contributed by atoms with Crippen LogP contribution in [-0.4, -0.2) is 25.5 Å². The molecule has 1 fully saturated rings. The Balaban J connectivity index is 2.23. The molecule has 19 heavy (non-hydrogen) atoms. The van der Waals surface area contributed by atoms with Crippen molar-refractivity contribution >= 4 is 17.6 Å². The Labute approximate surface area is 112 Å². The van der Waals surface area contributed by atoms with Gasteiger partial charge >= 0.3 is 5.97 Å². The van der Waals surface area contributed by atoms with E-state index in [0.717, 1.165) is 16.8 Å². The van der Waals surface area contributed by atoms with Gasteiger partial charge in [-0.05, 0) is 24.1 Å². The van der Waals surface area contributed by atoms with Crippen LogP contribution < -0.4 is 10.6 Å². The first kappa shape index (κ1) is 13.5. The molecule has 0 bridgehead atoms. The number of carbonyl (C=O) groups is 2. The molecule has 1 heterocycles. The predicted molar refractivity (Wildman–Crippen MR) is 71.5 cm³/mol. The van der Waals surface area contributed by atoms with E-state index in [1.165, 1.54) is 7.11 Å². The van der Waals surface area contributed by atoms with Crippen molar-refractivity contribution in [2.75, 3.05) is 18.6 Å². The lowest BCUT2D eigenvalue weighted by Crippen LogP contribution is -2.26. The maximum Gasteiger partial charge on any atom is 0.311 e. The van der Waals surface area contributed by atoms with Gasteiger partial charge in [-0.15, -0.1) is 0 Å². The summed E-state index contributed by atoms with van der Waals surface area (Å²) >= 11 is 0. The molecule has 2 rings (SSSR count). The van der Waals surface area contributed by atoms with Crippen molar-refractivity contribution < 1.29 is 14.3 Å². The van der Waals surface area contributed by atoms with Gasteiger partial charge in [-0.2, -0.15) is 0 Å². The van der Waals surface area contributed by atoms with Gasteiger partial charge < -0.3 is 15.4 Å². The van der Waals surface area contributed by atoms with Crippen LogP contribution in [0.4, 0.5) is 5.69 Å². The first-order valence-electron chi connectivity index (χ1n) is 6.24. The highest BCUT2D eigenvalue weighted by Gasteiger charge is 2.36. The van der Waals surface area contributed by atoms with Gasteiger partial charge in [-0.3, -0.25) is 9.59 Å². The van der Waals surface area contributed by atoms with Gasteiger partial charge in [-0.25, -0.2) is 0 Å². The molecule has 0 aromatic heterocycles. The van der Waals surface area contributed by atoms with Gasteiger partial charge in [0.25, 0.3) is 0 Å². The van der Waals surface area contributed by atoms with Crippen LogP contribution in [0.3, 0.4) is 0 Å². The summed E-state index contributed by atoms with van der Waals surface area (Å²) < 4.78 is 4.70. The van der Waals surface area contributed by atoms with Crippen LogP contribution in [0.25, 0.3) is 0 Å². The topological polar surface area (TPSA) is 72.6 Å². The second-order valence-electron chi connectivity index (χ2n) is 4.75. The number of nitrogens with zero attached hydrogens (tertiary/aromatic N) is 1. The molecule has 2 N–H and O–H groups in total. The molecule has 1 aromatic rings. The summed E-state index contributed by atoms with van der Waals surface area (Å²) in [6, 6.07) is 5.75. The van der Waals surface area contributed by atoms with E-state index in [0.29, 0.717) is 13.1 Å². The number of hydrogen-bond donors (Lipinski definition) is 1. The van der Waals surface area contributed by atoms with E-state index in [4.69, 9.17) is 10.5 Å². The third-order valence-electron chi connectivity index (χ3n) is 3.45. The highest BCUT2D eigenvalue weighted by Crippen LogP contribution is 2.28. The minimum absolute atomic E-state index is 0.0426. The van der Waals surface area contributed by atoms with E-state index in [-0.39, 0.29) is 24.2 Å². The number of nitrogens with two attached hydrogens (primary N) is 1. The van der Waals surface area contributed by atoms with Crippen LogP contribution in [0.5, 0.6) is 0 Å². The molecule has 1 saturated heterocycles. The zero-order valence-electron chi connectivity index (χ0n) is 11.2. The van der Waals surface area contributed by atoms with Crippen molar-refractivity contribution in [3.63, 3.8) is 0 Å². The molecule has 1 aliphatic heterocycles. The monoisotopic (exact) mass is 262 g/mol. The van der Waals surface area contributed by atoms with E-state index in [1.54, 1.807) is 4.90 Å². The maximum atomic E-state index is 12.0. The Morgan fingerprint density at radius 1 is 1.53 bits per heavy atom. The number of esters is 1. The number of methoxy groups -OCH3 is 1. The van der Waals surface area contributed by atoms with Crippen molar-refractivity contribution in [1.29, 1.82) is 0 Å². The molecule has 5 heteroatoms. The van der Waals surface area contributed by atoms with Crippen LogP contribution in [0.1, 0.15) is 17.5 Å². The molecule has 102 valence electrons. The lowest BCUT2D eigenvalue weighted by molar-refractivity contribution is -0.145. The third-order valence-corrected chi connectivity index (χ3v) is 3.45. The molecular formula is C14H18N2O3. The standard InChI is InChI=1S/C14H18N2O3/c1-9-5-10(7-15)3-4-12(9)16-8-11(6-13(16)17)14(18)19-2/h3-5,11H,6-8,15H2,1-2H3. The largest absolute Gasteiger partial charge is 0.469 e. The molecule has 0 spiro atoms. The average Bonchev–Trinajstić information content (AvgIpc) is 2.79. The van der Waals surface area contributed by atoms with E-state index in [2.05, 4.69) is 0 Å². The van der Waals surface area contributed by atoms with E-state index < -0.39 is 0 Å². The van der Waals surface area contributed by atoms with Gasteiger partial charge in [0.15, 0.2) is 0 Å². The molecule has 0 radical (unpaired) electrons. The number of anilines is 1. The zero-order valence-corrected chi connectivity index (χ0v) is 11.2. The van der Waals surface area contributed by atoms with Crippen LogP contribution in [0.2, 0.25) is 0 Å². The summed E-state index contributed by atoms with van der Waals surface area (Å²) in [5, 5.41) is 0. The van der Waals surface area contributed by atoms with Crippen LogP contribution >= 0.6 is 0 Å². The number of benzene rings is 1. The Morgan fingerprint density at radius 3 is 2.84 bits per heavy atom. The summed E-state index contributed by atoms with van der Waals surface area (Å²) in [4.78, 5) is 25.2. The molecule has 1 aliphatic rings. The molecule has 0 aliphatic carbocycles. The van der Waals surface area contributed by atoms with Crippen LogP contribution in [-0.2, 0) is 20.9 Å². The van der Waals surface area contributed by atoms with Gasteiger partial charge in [-0.1, -0.05) is 12.1 Å². The van der Waals surface area contributed by atoms with Gasteiger partial charge in [0.1, 0.15) is 0 Å². The summed E-state index contributed by atoms with van der Waals surface area (Å²) in [6.45, 7) is 2.79. The number of aryl methyl sites for hydroxylation is 1. The number of hydrogen-bond acceptors (Lipinski definition) is 4. The molecule has 1 aromatic carbocycles. The molecule has 1 unspecified atom stereocenters. The van der Waals surface area contributed by atoms with Crippen molar-refractivity contribution in [3.8, 4) is 0 Å². The molecule has 5 nitrogen and oxygen atoms in total. The number of rotatable bonds is 3. The molecule has 1 amide bonds. The smallest absolute Gasteiger partial charge is 0.311 e. The fourth-order valence-corrected chi connectivity index (χ4v) is 2.41. The number of carbonyl (C=O) groups excluding carboxylic acids is 2. The Morgan fingerprint density at radius 2 is 2.26 bits per heavy atom. The van der Waals surface area contributed by atoms with E-state index in [9.17, 15) is 9.59 Å². The first-order chi connectivity index (χ1) is 9.06.